The summed E-state index contributed by atoms with van der Waals surface area (Å²) >= 11 is 0. The lowest BCUT2D eigenvalue weighted by Crippen LogP contribution is -2.46. The first-order valence-corrected chi connectivity index (χ1v) is 9.69. The third kappa shape index (κ3) is 2.77. The van der Waals surface area contributed by atoms with Crippen molar-refractivity contribution in [3.05, 3.63) is 82.4 Å². The van der Waals surface area contributed by atoms with Crippen LogP contribution in [0.2, 0.25) is 0 Å². The average molecular weight is 416 g/mol. The number of hydrazone groups is 1. The molecule has 0 N–H and O–H groups in total. The van der Waals surface area contributed by atoms with Gasteiger partial charge in [0.1, 0.15) is 6.04 Å². The van der Waals surface area contributed by atoms with Crippen LogP contribution in [-0.2, 0) is 9.59 Å². The number of ketones is 1. The van der Waals surface area contributed by atoms with E-state index in [0.717, 1.165) is 4.90 Å². The van der Waals surface area contributed by atoms with E-state index >= 15 is 0 Å². The Balaban J connectivity index is 1.55. The van der Waals surface area contributed by atoms with Crippen LogP contribution in [0.1, 0.15) is 10.4 Å². The number of Topliss-reactive ketones (excluding diaryl/α,β-unsaturated/α-hetero) is 1. The molecule has 2 amide bonds. The van der Waals surface area contributed by atoms with Crippen molar-refractivity contribution < 1.29 is 19.3 Å². The first-order valence-electron chi connectivity index (χ1n) is 9.69. The first-order chi connectivity index (χ1) is 15.0. The molecule has 2 fully saturated rings. The standard InChI is InChI=1S/C22H16N4O5/c27-20(13-5-2-1-3-6-13)19-18-17(16-7-4-12-23-25(16)19)21(28)24(22(18)29)14-8-10-15(11-9-14)26(30)31/h1-12,16-19H/t16-,17-,18-,19+/m1/s1. The van der Waals surface area contributed by atoms with Crippen molar-refractivity contribution in [3.8, 4) is 0 Å². The number of benzene rings is 2. The van der Waals surface area contributed by atoms with Gasteiger partial charge in [-0.25, -0.2) is 4.90 Å². The topological polar surface area (TPSA) is 113 Å². The number of carbonyl (C=O) groups is 3. The van der Waals surface area contributed by atoms with Crippen LogP contribution in [0.4, 0.5) is 11.4 Å². The summed E-state index contributed by atoms with van der Waals surface area (Å²) in [4.78, 5) is 51.5. The van der Waals surface area contributed by atoms with E-state index < -0.39 is 40.7 Å². The molecule has 2 aromatic rings. The van der Waals surface area contributed by atoms with Gasteiger partial charge in [-0.05, 0) is 18.2 Å². The number of fused-ring (bicyclic) bond motifs is 3. The number of allylic oxidation sites excluding steroid dienone is 1. The highest BCUT2D eigenvalue weighted by atomic mass is 16.6. The summed E-state index contributed by atoms with van der Waals surface area (Å²) in [5.74, 6) is -2.90. The number of rotatable bonds is 4. The number of anilines is 1. The third-order valence-corrected chi connectivity index (χ3v) is 5.94. The highest BCUT2D eigenvalue weighted by molar-refractivity contribution is 6.24. The lowest BCUT2D eigenvalue weighted by molar-refractivity contribution is -0.384. The highest BCUT2D eigenvalue weighted by Gasteiger charge is 2.64. The van der Waals surface area contributed by atoms with Gasteiger partial charge >= 0.3 is 0 Å². The number of hydrogen-bond acceptors (Lipinski definition) is 7. The van der Waals surface area contributed by atoms with Crippen LogP contribution in [0, 0.1) is 22.0 Å². The van der Waals surface area contributed by atoms with Crippen LogP contribution in [-0.4, -0.2) is 45.8 Å². The molecule has 2 saturated heterocycles. The molecule has 0 bridgehead atoms. The highest BCUT2D eigenvalue weighted by Crippen LogP contribution is 2.46. The summed E-state index contributed by atoms with van der Waals surface area (Å²) in [5.41, 5.74) is 0.539. The number of nitro groups is 1. The molecule has 3 aliphatic heterocycles. The van der Waals surface area contributed by atoms with Crippen LogP contribution < -0.4 is 4.90 Å². The van der Waals surface area contributed by atoms with E-state index in [1.54, 1.807) is 47.5 Å². The zero-order valence-corrected chi connectivity index (χ0v) is 16.1. The molecule has 3 heterocycles. The number of imide groups is 1. The molecule has 4 atom stereocenters. The molecule has 0 spiro atoms. The molecule has 2 aromatic carbocycles. The summed E-state index contributed by atoms with van der Waals surface area (Å²) in [7, 11) is 0. The van der Waals surface area contributed by atoms with Gasteiger partial charge in [-0.3, -0.25) is 29.5 Å². The molecular formula is C22H16N4O5. The van der Waals surface area contributed by atoms with E-state index in [9.17, 15) is 24.5 Å². The summed E-state index contributed by atoms with van der Waals surface area (Å²) < 4.78 is 0. The van der Waals surface area contributed by atoms with Crippen molar-refractivity contribution in [3.63, 3.8) is 0 Å². The summed E-state index contributed by atoms with van der Waals surface area (Å²) in [5, 5.41) is 16.8. The van der Waals surface area contributed by atoms with E-state index in [1.807, 2.05) is 0 Å². The SMILES string of the molecule is O=C(c1ccccc1)[C@@H]1[C@@H]2C(=O)N(c3ccc([N+](=O)[O-])cc3)C(=O)[C@@H]2[C@H]2C=CC=NN21. The van der Waals surface area contributed by atoms with Gasteiger partial charge < -0.3 is 0 Å². The maximum atomic E-state index is 13.4. The van der Waals surface area contributed by atoms with E-state index in [-0.39, 0.29) is 17.2 Å². The summed E-state index contributed by atoms with van der Waals surface area (Å²) in [6.45, 7) is 0. The molecule has 0 saturated carbocycles. The van der Waals surface area contributed by atoms with Crippen LogP contribution in [0.3, 0.4) is 0 Å². The minimum absolute atomic E-state index is 0.143. The third-order valence-electron chi connectivity index (χ3n) is 5.94. The average Bonchev–Trinajstić information content (AvgIpc) is 3.27. The lowest BCUT2D eigenvalue weighted by Gasteiger charge is -2.30. The Labute approximate surface area is 176 Å². The fourth-order valence-corrected chi connectivity index (χ4v) is 4.59. The molecule has 5 rings (SSSR count). The number of hydrogen-bond donors (Lipinski definition) is 0. The van der Waals surface area contributed by atoms with Crippen LogP contribution >= 0.6 is 0 Å². The minimum atomic E-state index is -0.918. The zero-order valence-electron chi connectivity index (χ0n) is 16.1. The number of carbonyl (C=O) groups excluding carboxylic acids is 3. The Kier molecular flexibility index (Phi) is 4.25. The normalized spacial score (nSPS) is 26.2. The maximum absolute atomic E-state index is 13.4. The molecule has 9 heteroatoms. The van der Waals surface area contributed by atoms with Gasteiger partial charge in [0, 0.05) is 23.9 Å². The predicted molar refractivity (Wildman–Crippen MR) is 110 cm³/mol. The van der Waals surface area contributed by atoms with Gasteiger partial charge in [-0.1, -0.05) is 36.4 Å². The fourth-order valence-electron chi connectivity index (χ4n) is 4.59. The van der Waals surface area contributed by atoms with Gasteiger partial charge in [0.05, 0.1) is 28.5 Å². The fraction of sp³-hybridized carbons (Fsp3) is 0.182. The molecule has 0 aliphatic carbocycles. The number of nitro benzene ring substituents is 1. The van der Waals surface area contributed by atoms with Crippen molar-refractivity contribution in [2.24, 2.45) is 16.9 Å². The van der Waals surface area contributed by atoms with Gasteiger partial charge in [0.2, 0.25) is 11.8 Å². The molecule has 0 aromatic heterocycles. The molecule has 3 aliphatic rings. The summed E-state index contributed by atoms with van der Waals surface area (Å²) in [6, 6.07) is 12.4. The number of amides is 2. The van der Waals surface area contributed by atoms with Crippen LogP contribution in [0.15, 0.2) is 71.9 Å². The van der Waals surface area contributed by atoms with Gasteiger partial charge in [0.25, 0.3) is 5.69 Å². The van der Waals surface area contributed by atoms with Crippen molar-refractivity contribution >= 4 is 35.2 Å². The smallest absolute Gasteiger partial charge is 0.269 e. The summed E-state index contributed by atoms with van der Waals surface area (Å²) in [6.07, 6.45) is 5.00. The van der Waals surface area contributed by atoms with E-state index in [2.05, 4.69) is 5.10 Å². The van der Waals surface area contributed by atoms with Gasteiger partial charge in [0.15, 0.2) is 5.78 Å². The Morgan fingerprint density at radius 3 is 2.32 bits per heavy atom. The second-order valence-corrected chi connectivity index (χ2v) is 7.53. The molecule has 31 heavy (non-hydrogen) atoms. The van der Waals surface area contributed by atoms with E-state index in [0.29, 0.717) is 5.56 Å². The molecular weight excluding hydrogens is 400 g/mol. The number of nitrogens with zero attached hydrogens (tertiary/aromatic N) is 4. The quantitative estimate of drug-likeness (QED) is 0.327. The largest absolute Gasteiger partial charge is 0.292 e. The van der Waals surface area contributed by atoms with Crippen molar-refractivity contribution in [1.29, 1.82) is 0 Å². The molecule has 9 nitrogen and oxygen atoms in total. The molecule has 154 valence electrons. The van der Waals surface area contributed by atoms with Crippen molar-refractivity contribution in [2.75, 3.05) is 4.90 Å². The van der Waals surface area contributed by atoms with E-state index in [4.69, 9.17) is 0 Å². The Hall–Kier alpha value is -4.14. The first kappa shape index (κ1) is 18.9. The second-order valence-electron chi connectivity index (χ2n) is 7.53. The van der Waals surface area contributed by atoms with Gasteiger partial charge in [-0.15, -0.1) is 0 Å². The van der Waals surface area contributed by atoms with Crippen LogP contribution in [0.25, 0.3) is 0 Å². The second kappa shape index (κ2) is 6.98. The molecule has 0 radical (unpaired) electrons. The Morgan fingerprint density at radius 2 is 1.65 bits per heavy atom. The van der Waals surface area contributed by atoms with Crippen molar-refractivity contribution in [2.45, 2.75) is 12.1 Å². The number of non-ortho nitro benzene ring substituents is 1. The van der Waals surface area contributed by atoms with Crippen LogP contribution in [0.5, 0.6) is 0 Å². The zero-order chi connectivity index (χ0) is 21.7. The van der Waals surface area contributed by atoms with E-state index in [1.165, 1.54) is 30.5 Å². The Morgan fingerprint density at radius 1 is 0.968 bits per heavy atom. The van der Waals surface area contributed by atoms with Gasteiger partial charge in [-0.2, -0.15) is 5.10 Å². The lowest BCUT2D eigenvalue weighted by atomic mass is 9.86. The monoisotopic (exact) mass is 416 g/mol. The predicted octanol–water partition coefficient (Wildman–Crippen LogP) is 2.19. The Bertz CT molecular complexity index is 1160. The van der Waals surface area contributed by atoms with Crippen molar-refractivity contribution in [1.82, 2.24) is 5.01 Å². The maximum Gasteiger partial charge on any atom is 0.269 e. The molecule has 0 unspecified atom stereocenters. The minimum Gasteiger partial charge on any atom is -0.292 e.